The second-order valence-corrected chi connectivity index (χ2v) is 5.60. The molecule has 1 spiro atoms. The van der Waals surface area contributed by atoms with Crippen molar-refractivity contribution in [1.82, 2.24) is 0 Å². The second kappa shape index (κ2) is 4.85. The van der Waals surface area contributed by atoms with Gasteiger partial charge in [0.1, 0.15) is 5.82 Å². The molecule has 1 heterocycles. The maximum absolute atomic E-state index is 13.1. The minimum atomic E-state index is -0.376. The number of benzene rings is 1. The van der Waals surface area contributed by atoms with Gasteiger partial charge in [0, 0.05) is 24.8 Å². The molecule has 0 aromatic heterocycles. The molecule has 3 nitrogen and oxygen atoms in total. The van der Waals surface area contributed by atoms with Crippen molar-refractivity contribution in [3.8, 4) is 0 Å². The third-order valence-corrected chi connectivity index (χ3v) is 4.63. The largest absolute Gasteiger partial charge is 0.348 e. The van der Waals surface area contributed by atoms with Gasteiger partial charge in [-0.05, 0) is 30.5 Å². The summed E-state index contributed by atoms with van der Waals surface area (Å²) >= 11 is 0. The smallest absolute Gasteiger partial charge is 0.168 e. The SMILES string of the molecule is NCC1(c2ccc(F)cc2)CCC2(CC1)OCCO2. The number of hydrogen-bond acceptors (Lipinski definition) is 3. The first-order valence-corrected chi connectivity index (χ1v) is 6.92. The van der Waals surface area contributed by atoms with E-state index in [0.717, 1.165) is 31.2 Å². The van der Waals surface area contributed by atoms with Crippen molar-refractivity contribution in [1.29, 1.82) is 0 Å². The predicted molar refractivity (Wildman–Crippen MR) is 70.2 cm³/mol. The van der Waals surface area contributed by atoms with Gasteiger partial charge >= 0.3 is 0 Å². The zero-order valence-electron chi connectivity index (χ0n) is 11.0. The van der Waals surface area contributed by atoms with Crippen LogP contribution in [0, 0.1) is 5.82 Å². The summed E-state index contributed by atoms with van der Waals surface area (Å²) in [7, 11) is 0. The van der Waals surface area contributed by atoms with E-state index >= 15 is 0 Å². The van der Waals surface area contributed by atoms with Crippen molar-refractivity contribution in [2.75, 3.05) is 19.8 Å². The molecule has 0 unspecified atom stereocenters. The summed E-state index contributed by atoms with van der Waals surface area (Å²) in [6.07, 6.45) is 3.58. The first-order valence-electron chi connectivity index (χ1n) is 6.92. The topological polar surface area (TPSA) is 44.5 Å². The van der Waals surface area contributed by atoms with Gasteiger partial charge in [-0.3, -0.25) is 0 Å². The lowest BCUT2D eigenvalue weighted by molar-refractivity contribution is -0.184. The number of hydrogen-bond donors (Lipinski definition) is 1. The van der Waals surface area contributed by atoms with E-state index in [4.69, 9.17) is 15.2 Å². The Balaban J connectivity index is 1.80. The zero-order chi connectivity index (χ0) is 13.3. The maximum atomic E-state index is 13.1. The Hall–Kier alpha value is -0.970. The third kappa shape index (κ3) is 2.29. The third-order valence-electron chi connectivity index (χ3n) is 4.63. The summed E-state index contributed by atoms with van der Waals surface area (Å²) in [5.41, 5.74) is 7.09. The number of rotatable bonds is 2. The molecular formula is C15H20FNO2. The lowest BCUT2D eigenvalue weighted by Crippen LogP contribution is -2.45. The van der Waals surface area contributed by atoms with Crippen molar-refractivity contribution in [3.05, 3.63) is 35.6 Å². The van der Waals surface area contributed by atoms with E-state index in [0.29, 0.717) is 19.8 Å². The van der Waals surface area contributed by atoms with Gasteiger partial charge in [0.25, 0.3) is 0 Å². The molecule has 0 radical (unpaired) electrons. The molecule has 1 aromatic carbocycles. The molecule has 2 N–H and O–H groups in total. The van der Waals surface area contributed by atoms with Crippen LogP contribution in [0.5, 0.6) is 0 Å². The highest BCUT2D eigenvalue weighted by molar-refractivity contribution is 5.27. The summed E-state index contributed by atoms with van der Waals surface area (Å²) in [4.78, 5) is 0. The van der Waals surface area contributed by atoms with E-state index in [1.807, 2.05) is 12.1 Å². The standard InChI is InChI=1S/C15H20FNO2/c16-13-3-1-12(2-4-13)14(11-17)5-7-15(8-6-14)18-9-10-19-15/h1-4H,5-11,17H2. The lowest BCUT2D eigenvalue weighted by Gasteiger charge is -2.43. The quantitative estimate of drug-likeness (QED) is 0.892. The van der Waals surface area contributed by atoms with E-state index < -0.39 is 0 Å². The fraction of sp³-hybridized carbons (Fsp3) is 0.600. The summed E-state index contributed by atoms with van der Waals surface area (Å²) in [5.74, 6) is -0.579. The average Bonchev–Trinajstić information content (AvgIpc) is 2.90. The van der Waals surface area contributed by atoms with Crippen LogP contribution in [0.15, 0.2) is 24.3 Å². The second-order valence-electron chi connectivity index (χ2n) is 5.60. The van der Waals surface area contributed by atoms with E-state index in [2.05, 4.69) is 0 Å². The highest BCUT2D eigenvalue weighted by Crippen LogP contribution is 2.45. The van der Waals surface area contributed by atoms with Crippen LogP contribution in [0.25, 0.3) is 0 Å². The molecule has 1 saturated carbocycles. The van der Waals surface area contributed by atoms with E-state index in [-0.39, 0.29) is 17.0 Å². The van der Waals surface area contributed by atoms with Gasteiger partial charge in [0.15, 0.2) is 5.79 Å². The molecule has 2 aliphatic rings. The van der Waals surface area contributed by atoms with Gasteiger partial charge in [-0.15, -0.1) is 0 Å². The molecule has 104 valence electrons. The Morgan fingerprint density at radius 1 is 1.00 bits per heavy atom. The van der Waals surface area contributed by atoms with Crippen LogP contribution in [0.2, 0.25) is 0 Å². The highest BCUT2D eigenvalue weighted by Gasteiger charge is 2.46. The van der Waals surface area contributed by atoms with Crippen molar-refractivity contribution in [2.45, 2.75) is 36.9 Å². The Labute approximate surface area is 112 Å². The van der Waals surface area contributed by atoms with Crippen molar-refractivity contribution in [3.63, 3.8) is 0 Å². The predicted octanol–water partition coefficient (Wildman–Crippen LogP) is 2.34. The van der Waals surface area contributed by atoms with Gasteiger partial charge in [0.2, 0.25) is 0 Å². The monoisotopic (exact) mass is 265 g/mol. The van der Waals surface area contributed by atoms with Crippen molar-refractivity contribution in [2.24, 2.45) is 5.73 Å². The van der Waals surface area contributed by atoms with Crippen LogP contribution >= 0.6 is 0 Å². The molecule has 0 amide bonds. The molecule has 3 rings (SSSR count). The van der Waals surface area contributed by atoms with Gasteiger partial charge in [-0.25, -0.2) is 4.39 Å². The van der Waals surface area contributed by atoms with Crippen LogP contribution in [0.1, 0.15) is 31.2 Å². The average molecular weight is 265 g/mol. The zero-order valence-corrected chi connectivity index (χ0v) is 11.0. The van der Waals surface area contributed by atoms with E-state index in [1.165, 1.54) is 12.1 Å². The Morgan fingerprint density at radius 2 is 1.58 bits per heavy atom. The first-order chi connectivity index (χ1) is 9.18. The molecule has 0 atom stereocenters. The maximum Gasteiger partial charge on any atom is 0.168 e. The Kier molecular flexibility index (Phi) is 3.33. The van der Waals surface area contributed by atoms with Crippen molar-refractivity contribution < 1.29 is 13.9 Å². The number of nitrogens with two attached hydrogens (primary N) is 1. The van der Waals surface area contributed by atoms with Gasteiger partial charge in [-0.1, -0.05) is 12.1 Å². The van der Waals surface area contributed by atoms with Gasteiger partial charge in [-0.2, -0.15) is 0 Å². The molecule has 1 aromatic rings. The molecule has 1 aliphatic carbocycles. The van der Waals surface area contributed by atoms with Crippen LogP contribution in [0.4, 0.5) is 4.39 Å². The molecule has 1 saturated heterocycles. The Bertz CT molecular complexity index is 430. The fourth-order valence-corrected chi connectivity index (χ4v) is 3.31. The van der Waals surface area contributed by atoms with Crippen molar-refractivity contribution >= 4 is 0 Å². The summed E-state index contributed by atoms with van der Waals surface area (Å²) < 4.78 is 24.6. The first kappa shape index (κ1) is 13.0. The number of halogens is 1. The number of ether oxygens (including phenoxy) is 2. The minimum absolute atomic E-state index is 0.0613. The van der Waals surface area contributed by atoms with E-state index in [1.54, 1.807) is 0 Å². The fourth-order valence-electron chi connectivity index (χ4n) is 3.31. The van der Waals surface area contributed by atoms with E-state index in [9.17, 15) is 4.39 Å². The van der Waals surface area contributed by atoms with Crippen LogP contribution in [-0.2, 0) is 14.9 Å². The van der Waals surface area contributed by atoms with Crippen LogP contribution < -0.4 is 5.73 Å². The summed E-state index contributed by atoms with van der Waals surface area (Å²) in [6, 6.07) is 6.74. The summed E-state index contributed by atoms with van der Waals surface area (Å²) in [6.45, 7) is 1.95. The Morgan fingerprint density at radius 3 is 2.11 bits per heavy atom. The molecule has 4 heteroatoms. The normalized spacial score (nSPS) is 24.7. The van der Waals surface area contributed by atoms with Crippen LogP contribution in [0.3, 0.4) is 0 Å². The molecule has 19 heavy (non-hydrogen) atoms. The van der Waals surface area contributed by atoms with Gasteiger partial charge < -0.3 is 15.2 Å². The molecule has 0 bridgehead atoms. The lowest BCUT2D eigenvalue weighted by atomic mass is 9.68. The summed E-state index contributed by atoms with van der Waals surface area (Å²) in [5, 5.41) is 0. The van der Waals surface area contributed by atoms with Crippen LogP contribution in [-0.4, -0.2) is 25.5 Å². The van der Waals surface area contributed by atoms with Gasteiger partial charge in [0.05, 0.1) is 13.2 Å². The molecule has 2 fully saturated rings. The highest BCUT2D eigenvalue weighted by atomic mass is 19.1. The molecule has 1 aliphatic heterocycles. The minimum Gasteiger partial charge on any atom is -0.348 e. The molecular weight excluding hydrogens is 245 g/mol.